The van der Waals surface area contributed by atoms with Crippen LogP contribution < -0.4 is 4.40 Å². The number of nitrogens with zero attached hydrogens (tertiary/aromatic N) is 2. The third kappa shape index (κ3) is 7.60. The summed E-state index contributed by atoms with van der Waals surface area (Å²) in [6, 6.07) is 39.1. The summed E-state index contributed by atoms with van der Waals surface area (Å²) < 4.78 is 18.7. The molecular weight excluding hydrogens is 737 g/mol. The van der Waals surface area contributed by atoms with E-state index in [1.807, 2.05) is 74.6 Å². The van der Waals surface area contributed by atoms with Crippen molar-refractivity contribution in [2.24, 2.45) is 5.92 Å². The smallest absolute Gasteiger partial charge is 0.0160 e. The van der Waals surface area contributed by atoms with E-state index in [2.05, 4.69) is 76.8 Å². The summed E-state index contributed by atoms with van der Waals surface area (Å²) in [6.07, 6.45) is 2.33. The van der Waals surface area contributed by atoms with Crippen LogP contribution in [0.15, 0.2) is 109 Å². The topological polar surface area (TPSA) is 25.8 Å². The third-order valence-electron chi connectivity index (χ3n) is 6.76. The summed E-state index contributed by atoms with van der Waals surface area (Å²) in [5, 5.41) is 4.77. The first-order valence-electron chi connectivity index (χ1n) is 14.8. The van der Waals surface area contributed by atoms with Crippen LogP contribution in [-0.4, -0.2) is 23.2 Å². The number of pyridine rings is 2. The monoisotopic (exact) mass is 777 g/mol. The number of rotatable bonds is 5. The van der Waals surface area contributed by atoms with Crippen LogP contribution in [0, 0.1) is 18.1 Å². The molecule has 0 spiro atoms. The Bertz CT molecular complexity index is 1780. The van der Waals surface area contributed by atoms with Gasteiger partial charge in [-0.3, -0.25) is 0 Å². The molecule has 0 saturated carbocycles. The Balaban J connectivity index is 0.000000272. The average molecular weight is 776 g/mol. The third-order valence-corrected chi connectivity index (χ3v) is 11.0. The van der Waals surface area contributed by atoms with Crippen molar-refractivity contribution in [1.29, 1.82) is 0 Å². The van der Waals surface area contributed by atoms with Gasteiger partial charge in [-0.2, -0.15) is 0 Å². The van der Waals surface area contributed by atoms with Crippen LogP contribution in [0.25, 0.3) is 44.1 Å². The van der Waals surface area contributed by atoms with E-state index in [4.69, 9.17) is 7.73 Å². The Morgan fingerprint density at radius 1 is 0.756 bits per heavy atom. The molecule has 6 rings (SSSR count). The summed E-state index contributed by atoms with van der Waals surface area (Å²) in [6.45, 7) is 3.90. The first-order valence-corrected chi connectivity index (χ1v) is 21.1. The minimum atomic E-state index is -2.29. The predicted octanol–water partition coefficient (Wildman–Crippen LogP) is 9.15. The van der Waals surface area contributed by atoms with Gasteiger partial charge >= 0.3 is 174 Å². The van der Waals surface area contributed by atoms with E-state index >= 15 is 0 Å². The molecule has 41 heavy (non-hydrogen) atoms. The zero-order valence-corrected chi connectivity index (χ0v) is 28.7. The molecule has 0 unspecified atom stereocenters. The van der Waals surface area contributed by atoms with Crippen LogP contribution >= 0.6 is 0 Å². The fourth-order valence-corrected chi connectivity index (χ4v) is 7.75. The molecule has 4 aromatic carbocycles. The molecule has 0 N–H and O–H groups in total. The van der Waals surface area contributed by atoms with E-state index < -0.39 is 19.6 Å². The van der Waals surface area contributed by atoms with Crippen molar-refractivity contribution in [3.63, 3.8) is 0 Å². The fraction of sp³-hybridized carbons (Fsp3) is 0.189. The first-order chi connectivity index (χ1) is 20.1. The van der Waals surface area contributed by atoms with Gasteiger partial charge in [-0.25, -0.2) is 0 Å². The van der Waals surface area contributed by atoms with Crippen LogP contribution in [0.2, 0.25) is 17.3 Å². The van der Waals surface area contributed by atoms with Gasteiger partial charge in [-0.05, 0) is 11.8 Å². The quantitative estimate of drug-likeness (QED) is 0.0993. The molecule has 2 aromatic heterocycles. The van der Waals surface area contributed by atoms with Gasteiger partial charge in [0, 0.05) is 26.3 Å². The molecule has 0 aliphatic heterocycles. The maximum absolute atomic E-state index is 8.78. The van der Waals surface area contributed by atoms with Crippen molar-refractivity contribution in [2.75, 3.05) is 0 Å². The molecule has 2 nitrogen and oxygen atoms in total. The summed E-state index contributed by atoms with van der Waals surface area (Å²) >= 11 is -2.29. The average Bonchev–Trinajstić information content (AvgIpc) is 3.01. The van der Waals surface area contributed by atoms with Crippen LogP contribution in [0.1, 0.15) is 22.2 Å². The minimum Gasteiger partial charge on any atom is -0.305 e. The van der Waals surface area contributed by atoms with Crippen molar-refractivity contribution < 1.29 is 22.8 Å². The Hall–Kier alpha value is -3.11. The molecular formula is C37H36GeIrN2-2. The van der Waals surface area contributed by atoms with E-state index in [0.717, 1.165) is 37.9 Å². The maximum atomic E-state index is 8.78. The number of hydrogen-bond donors (Lipinski definition) is 0. The molecule has 0 atom stereocenters. The van der Waals surface area contributed by atoms with Crippen molar-refractivity contribution in [3.8, 4) is 22.5 Å². The second-order valence-electron chi connectivity index (χ2n) is 11.3. The SMILES string of the molecule is [2H]C([2H])(c1cc(-c2[c-]cc3c(ccc4ccccc43)c2)nc[c]1[Ge]([CH3])([CH3])[CH3])C(C)C.[Ir].[c-]1ccccc1-c1ccccn1. The number of hydrogen-bond acceptors (Lipinski definition) is 2. The maximum Gasteiger partial charge on any atom is 0.0160 e. The van der Waals surface area contributed by atoms with E-state index in [1.165, 1.54) is 16.2 Å². The molecule has 2 heterocycles. The molecule has 0 aliphatic carbocycles. The summed E-state index contributed by atoms with van der Waals surface area (Å²) in [5.41, 5.74) is 4.52. The van der Waals surface area contributed by atoms with Gasteiger partial charge in [-0.15, -0.1) is 35.9 Å². The molecule has 209 valence electrons. The van der Waals surface area contributed by atoms with Gasteiger partial charge in [0.05, 0.1) is 0 Å². The Morgan fingerprint density at radius 3 is 2.22 bits per heavy atom. The minimum absolute atomic E-state index is 0. The normalized spacial score (nSPS) is 12.2. The second-order valence-corrected chi connectivity index (χ2v) is 21.9. The van der Waals surface area contributed by atoms with E-state index in [9.17, 15) is 0 Å². The van der Waals surface area contributed by atoms with Gasteiger partial charge < -0.3 is 4.98 Å². The zero-order chi connectivity index (χ0) is 29.9. The number of benzene rings is 4. The fourth-order valence-electron chi connectivity index (χ4n) is 4.80. The number of aromatic nitrogens is 2. The van der Waals surface area contributed by atoms with Crippen molar-refractivity contribution in [3.05, 3.63) is 127 Å². The van der Waals surface area contributed by atoms with Gasteiger partial charge in [-0.1, -0.05) is 12.1 Å². The van der Waals surface area contributed by atoms with Crippen molar-refractivity contribution in [2.45, 2.75) is 37.5 Å². The largest absolute Gasteiger partial charge is 0.305 e. The Morgan fingerprint density at radius 2 is 1.51 bits per heavy atom. The molecule has 1 radical (unpaired) electrons. The summed E-state index contributed by atoms with van der Waals surface area (Å²) in [4.78, 5) is 8.98. The van der Waals surface area contributed by atoms with Gasteiger partial charge in [0.15, 0.2) is 0 Å². The number of fused-ring (bicyclic) bond motifs is 3. The molecule has 0 bridgehead atoms. The molecule has 4 heteroatoms. The van der Waals surface area contributed by atoms with Crippen LogP contribution in [0.4, 0.5) is 0 Å². The van der Waals surface area contributed by atoms with Gasteiger partial charge in [0.1, 0.15) is 0 Å². The first kappa shape index (κ1) is 28.0. The predicted molar refractivity (Wildman–Crippen MR) is 174 cm³/mol. The van der Waals surface area contributed by atoms with Crippen LogP contribution in [0.5, 0.6) is 0 Å². The summed E-state index contributed by atoms with van der Waals surface area (Å²) in [5.74, 6) is 6.78. The zero-order valence-electron chi connectivity index (χ0n) is 26.2. The van der Waals surface area contributed by atoms with Gasteiger partial charge in [0.2, 0.25) is 0 Å². The van der Waals surface area contributed by atoms with E-state index in [1.54, 1.807) is 6.20 Å². The summed E-state index contributed by atoms with van der Waals surface area (Å²) in [7, 11) is 0. The Labute approximate surface area is 263 Å². The van der Waals surface area contributed by atoms with Gasteiger partial charge in [0.25, 0.3) is 0 Å². The second kappa shape index (κ2) is 13.7. The van der Waals surface area contributed by atoms with E-state index in [0.29, 0.717) is 0 Å². The molecule has 0 saturated heterocycles. The van der Waals surface area contributed by atoms with Crippen molar-refractivity contribution >= 4 is 39.2 Å². The molecule has 0 fully saturated rings. The molecule has 0 amide bonds. The molecule has 6 aromatic rings. The van der Waals surface area contributed by atoms with E-state index in [-0.39, 0.29) is 26.0 Å². The Kier molecular flexibility index (Phi) is 9.37. The van der Waals surface area contributed by atoms with Crippen LogP contribution in [0.3, 0.4) is 0 Å². The van der Waals surface area contributed by atoms with Crippen LogP contribution in [-0.2, 0) is 26.5 Å². The molecule has 0 aliphatic rings. The van der Waals surface area contributed by atoms with Crippen molar-refractivity contribution in [1.82, 2.24) is 9.97 Å². The standard InChI is InChI=1S/C26H28GeN.C11H8N.Ir/c1-18(2)14-22-16-26(28-17-25(22)27(3,4)5)21-12-13-24-20(15-21)11-10-19-8-6-7-9-23(19)24;1-2-6-10(7-3-1)11-8-4-5-9-12-11;/h6-11,13,15-18H,14H2,1-5H3;1-6,8-9H;/q2*-1;/i14D2;;.